The van der Waals surface area contributed by atoms with Gasteiger partial charge in [-0.1, -0.05) is 103 Å². The molecule has 0 atom stereocenters. The van der Waals surface area contributed by atoms with Crippen molar-refractivity contribution in [3.63, 3.8) is 0 Å². The van der Waals surface area contributed by atoms with Crippen molar-refractivity contribution in [1.29, 1.82) is 0 Å². The van der Waals surface area contributed by atoms with Crippen LogP contribution >= 0.6 is 0 Å². The second kappa shape index (κ2) is 12.3. The lowest BCUT2D eigenvalue weighted by Gasteiger charge is -2.21. The number of rotatable bonds is 5. The molecule has 7 nitrogen and oxygen atoms in total. The summed E-state index contributed by atoms with van der Waals surface area (Å²) in [5.41, 5.74) is 8.58. The van der Waals surface area contributed by atoms with Crippen LogP contribution in [-0.2, 0) is 6.42 Å². The number of benzene rings is 6. The van der Waals surface area contributed by atoms with Crippen LogP contribution in [0.2, 0.25) is 0 Å². The van der Waals surface area contributed by atoms with Gasteiger partial charge in [-0.25, -0.2) is 9.97 Å². The van der Waals surface area contributed by atoms with Gasteiger partial charge in [-0.2, -0.15) is 0 Å². The van der Waals surface area contributed by atoms with E-state index in [9.17, 15) is 9.59 Å². The maximum Gasteiger partial charge on any atom is 0.266 e. The van der Waals surface area contributed by atoms with E-state index in [0.29, 0.717) is 52.0 Å². The molecule has 3 aromatic heterocycles. The van der Waals surface area contributed by atoms with Gasteiger partial charge < -0.3 is 4.57 Å². The van der Waals surface area contributed by atoms with Gasteiger partial charge >= 0.3 is 0 Å². The number of hydrogen-bond donors (Lipinski definition) is 0. The Morgan fingerprint density at radius 1 is 0.453 bits per heavy atom. The molecular formula is C46H31N5O2. The molecule has 53 heavy (non-hydrogen) atoms. The second-order valence-electron chi connectivity index (χ2n) is 13.3. The molecule has 0 saturated heterocycles. The molecule has 0 unspecified atom stereocenters. The highest BCUT2D eigenvalue weighted by Crippen LogP contribution is 2.39. The van der Waals surface area contributed by atoms with Crippen LogP contribution in [0, 0.1) is 0 Å². The predicted molar refractivity (Wildman–Crippen MR) is 214 cm³/mol. The first kappa shape index (κ1) is 30.7. The quantitative estimate of drug-likeness (QED) is 0.181. The highest BCUT2D eigenvalue weighted by molar-refractivity contribution is 5.98. The molecule has 10 rings (SSSR count). The molecule has 0 N–H and O–H groups in total. The average Bonchev–Trinajstić information content (AvgIpc) is 3.54. The molecule has 0 bridgehead atoms. The van der Waals surface area contributed by atoms with Crippen LogP contribution in [0.15, 0.2) is 167 Å². The number of hydrogen-bond acceptors (Lipinski definition) is 4. The van der Waals surface area contributed by atoms with E-state index in [1.165, 1.54) is 0 Å². The minimum atomic E-state index is -0.136. The summed E-state index contributed by atoms with van der Waals surface area (Å²) >= 11 is 0. The fraction of sp³-hybridized carbons (Fsp3) is 0.0435. The molecule has 0 aliphatic heterocycles. The molecule has 0 saturated carbocycles. The lowest BCUT2D eigenvalue weighted by Crippen LogP contribution is -2.24. The van der Waals surface area contributed by atoms with Crippen molar-refractivity contribution in [2.45, 2.75) is 12.8 Å². The van der Waals surface area contributed by atoms with Crippen LogP contribution in [-0.4, -0.2) is 23.7 Å². The Morgan fingerprint density at radius 2 is 0.981 bits per heavy atom. The molecule has 9 aromatic rings. The third-order valence-corrected chi connectivity index (χ3v) is 10.2. The van der Waals surface area contributed by atoms with Crippen LogP contribution in [0.25, 0.3) is 78.6 Å². The molecule has 6 aromatic carbocycles. The van der Waals surface area contributed by atoms with E-state index in [0.717, 1.165) is 44.7 Å². The lowest BCUT2D eigenvalue weighted by atomic mass is 9.98. The van der Waals surface area contributed by atoms with Gasteiger partial charge in [-0.15, -0.1) is 0 Å². The largest absolute Gasteiger partial charge is 0.313 e. The predicted octanol–water partition coefficient (Wildman–Crippen LogP) is 9.32. The Labute approximate surface area is 304 Å². The van der Waals surface area contributed by atoms with E-state index in [1.807, 2.05) is 133 Å². The number of aromatic nitrogens is 5. The van der Waals surface area contributed by atoms with Crippen molar-refractivity contribution in [2.24, 2.45) is 0 Å². The van der Waals surface area contributed by atoms with Gasteiger partial charge in [-0.05, 0) is 73.5 Å². The van der Waals surface area contributed by atoms with Crippen molar-refractivity contribution in [2.75, 3.05) is 0 Å². The van der Waals surface area contributed by atoms with E-state index in [1.54, 1.807) is 9.13 Å². The minimum absolute atomic E-state index is 0.0991. The third-order valence-electron chi connectivity index (χ3n) is 10.2. The Balaban J connectivity index is 1.26. The zero-order valence-corrected chi connectivity index (χ0v) is 28.6. The number of fused-ring (bicyclic) bond motifs is 5. The maximum absolute atomic E-state index is 14.4. The van der Waals surface area contributed by atoms with Gasteiger partial charge in [0.05, 0.1) is 33.0 Å². The van der Waals surface area contributed by atoms with Crippen LogP contribution < -0.4 is 11.1 Å². The zero-order valence-electron chi connectivity index (χ0n) is 28.6. The first-order valence-corrected chi connectivity index (χ1v) is 17.7. The van der Waals surface area contributed by atoms with E-state index in [-0.39, 0.29) is 11.1 Å². The van der Waals surface area contributed by atoms with Crippen LogP contribution in [0.5, 0.6) is 0 Å². The first-order chi connectivity index (χ1) is 26.1. The van der Waals surface area contributed by atoms with Gasteiger partial charge in [-0.3, -0.25) is 18.7 Å². The van der Waals surface area contributed by atoms with E-state index in [2.05, 4.69) is 34.9 Å². The van der Waals surface area contributed by atoms with E-state index >= 15 is 0 Å². The van der Waals surface area contributed by atoms with Gasteiger partial charge in [0.25, 0.3) is 11.1 Å². The zero-order chi connectivity index (χ0) is 35.5. The smallest absolute Gasteiger partial charge is 0.266 e. The van der Waals surface area contributed by atoms with Crippen molar-refractivity contribution >= 4 is 44.5 Å². The summed E-state index contributed by atoms with van der Waals surface area (Å²) in [6.45, 7) is 0. The molecule has 7 heteroatoms. The summed E-state index contributed by atoms with van der Waals surface area (Å²) in [6, 6.07) is 51.3. The minimum Gasteiger partial charge on any atom is -0.313 e. The molecular weight excluding hydrogens is 655 g/mol. The van der Waals surface area contributed by atoms with Crippen LogP contribution in [0.1, 0.15) is 17.7 Å². The summed E-state index contributed by atoms with van der Waals surface area (Å²) < 4.78 is 5.82. The average molecular weight is 686 g/mol. The molecule has 1 aliphatic rings. The Hall–Kier alpha value is -7.12. The normalized spacial score (nSPS) is 12.6. The molecule has 0 spiro atoms. The van der Waals surface area contributed by atoms with Crippen molar-refractivity contribution in [1.82, 2.24) is 23.7 Å². The summed E-state index contributed by atoms with van der Waals surface area (Å²) in [5, 5.41) is 2.10. The molecule has 0 amide bonds. The highest BCUT2D eigenvalue weighted by Gasteiger charge is 2.26. The summed E-state index contributed by atoms with van der Waals surface area (Å²) in [6.07, 6.45) is 3.48. The van der Waals surface area contributed by atoms with Crippen molar-refractivity contribution in [3.8, 4) is 34.2 Å². The molecule has 252 valence electrons. The molecule has 1 aliphatic carbocycles. The summed E-state index contributed by atoms with van der Waals surface area (Å²) in [7, 11) is 0. The van der Waals surface area contributed by atoms with Crippen LogP contribution in [0.4, 0.5) is 0 Å². The Morgan fingerprint density at radius 3 is 1.60 bits per heavy atom. The maximum atomic E-state index is 14.4. The Bertz CT molecular complexity index is 3030. The second-order valence-corrected chi connectivity index (χ2v) is 13.3. The number of allylic oxidation sites excluding steroid dienone is 1. The monoisotopic (exact) mass is 685 g/mol. The fourth-order valence-corrected chi connectivity index (χ4v) is 7.77. The SMILES string of the molecule is O=c1c2ccccc2nc(-c2ccccc2)n1C1=Cc2c(n(-c3ccccc3)c3ccc(-n4c(-c5ccccc5)nc5ccccc5c4=O)cc23)CC1. The topological polar surface area (TPSA) is 74.7 Å². The molecule has 0 fully saturated rings. The van der Waals surface area contributed by atoms with E-state index < -0.39 is 0 Å². The van der Waals surface area contributed by atoms with Crippen LogP contribution in [0.3, 0.4) is 0 Å². The Kier molecular flexibility index (Phi) is 7.11. The molecule has 3 heterocycles. The highest BCUT2D eigenvalue weighted by atomic mass is 16.1. The summed E-state index contributed by atoms with van der Waals surface area (Å²) in [5.74, 6) is 1.18. The van der Waals surface area contributed by atoms with Gasteiger partial charge in [0.1, 0.15) is 11.6 Å². The van der Waals surface area contributed by atoms with Crippen molar-refractivity contribution in [3.05, 3.63) is 190 Å². The fourth-order valence-electron chi connectivity index (χ4n) is 7.77. The number of para-hydroxylation sites is 3. The third kappa shape index (κ3) is 4.97. The number of nitrogens with zero attached hydrogens (tertiary/aromatic N) is 5. The van der Waals surface area contributed by atoms with Gasteiger partial charge in [0, 0.05) is 39.2 Å². The lowest BCUT2D eigenvalue weighted by molar-refractivity contribution is 0.846. The molecule has 0 radical (unpaired) electrons. The van der Waals surface area contributed by atoms with E-state index in [4.69, 9.17) is 9.97 Å². The van der Waals surface area contributed by atoms with Gasteiger partial charge in [0.2, 0.25) is 0 Å². The standard InChI is InChI=1S/C46H31N5O2/c52-45-35-20-10-12-22-39(35)47-43(30-14-4-1-5-15-30)50(45)33-24-26-41-37(28-33)38-29-34(25-27-42(38)49(41)32-18-8-3-9-19-32)51-44(31-16-6-2-7-17-31)48-40-23-13-11-21-36(40)46(51)53/h1-24,26,28-29H,25,27H2. The first-order valence-electron chi connectivity index (χ1n) is 17.7. The van der Waals surface area contributed by atoms with Crippen molar-refractivity contribution < 1.29 is 0 Å². The van der Waals surface area contributed by atoms with Gasteiger partial charge in [0.15, 0.2) is 0 Å². The summed E-state index contributed by atoms with van der Waals surface area (Å²) in [4.78, 5) is 38.9.